The Balaban J connectivity index is 1.65. The molecule has 1 fully saturated rings. The smallest absolute Gasteiger partial charge is 0.153 e. The largest absolute Gasteiger partial charge is 0.382 e. The Morgan fingerprint density at radius 1 is 1.26 bits per heavy atom. The molecule has 0 aromatic carbocycles. The van der Waals surface area contributed by atoms with Crippen molar-refractivity contribution in [2.45, 2.75) is 18.8 Å². The zero-order chi connectivity index (χ0) is 15.8. The summed E-state index contributed by atoms with van der Waals surface area (Å²) in [4.78, 5) is 15.2. The first kappa shape index (κ1) is 13.9. The number of aryl methyl sites for hydroxylation is 1. The molecule has 1 saturated heterocycles. The van der Waals surface area contributed by atoms with Gasteiger partial charge >= 0.3 is 0 Å². The van der Waals surface area contributed by atoms with E-state index < -0.39 is 0 Å². The lowest BCUT2D eigenvalue weighted by Crippen LogP contribution is -2.35. The van der Waals surface area contributed by atoms with Gasteiger partial charge < -0.3 is 15.2 Å². The molecule has 0 bridgehead atoms. The first-order valence-corrected chi connectivity index (χ1v) is 7.68. The fraction of sp³-hybridized carbons (Fsp3) is 0.400. The summed E-state index contributed by atoms with van der Waals surface area (Å²) in [6.45, 7) is 1.85. The fourth-order valence-electron chi connectivity index (χ4n) is 3.18. The molecule has 8 nitrogen and oxygen atoms in total. The Morgan fingerprint density at radius 2 is 2.17 bits per heavy atom. The van der Waals surface area contributed by atoms with Gasteiger partial charge in [0.2, 0.25) is 0 Å². The summed E-state index contributed by atoms with van der Waals surface area (Å²) in [6, 6.07) is 3.94. The van der Waals surface area contributed by atoms with Gasteiger partial charge in [-0.05, 0) is 25.0 Å². The topological polar surface area (TPSA) is 98.6 Å². The lowest BCUT2D eigenvalue weighted by Gasteiger charge is -2.33. The van der Waals surface area contributed by atoms with Gasteiger partial charge in [-0.1, -0.05) is 0 Å². The van der Waals surface area contributed by atoms with E-state index in [1.54, 1.807) is 6.33 Å². The number of piperidine rings is 1. The number of pyridine rings is 1. The highest BCUT2D eigenvalue weighted by Crippen LogP contribution is 2.29. The van der Waals surface area contributed by atoms with Gasteiger partial charge in [-0.3, -0.25) is 0 Å². The van der Waals surface area contributed by atoms with Gasteiger partial charge in [0, 0.05) is 26.1 Å². The van der Waals surface area contributed by atoms with Crippen LogP contribution >= 0.6 is 0 Å². The molecule has 3 aromatic heterocycles. The third kappa shape index (κ3) is 2.45. The van der Waals surface area contributed by atoms with Crippen molar-refractivity contribution >= 4 is 22.7 Å². The minimum Gasteiger partial charge on any atom is -0.382 e. The van der Waals surface area contributed by atoms with Gasteiger partial charge in [-0.2, -0.15) is 0 Å². The molecule has 1 unspecified atom stereocenters. The van der Waals surface area contributed by atoms with Gasteiger partial charge in [0.25, 0.3) is 0 Å². The summed E-state index contributed by atoms with van der Waals surface area (Å²) >= 11 is 0. The van der Waals surface area contributed by atoms with Crippen LogP contribution in [0.3, 0.4) is 0 Å². The number of hydrogen-bond donors (Lipinski definition) is 1. The first-order chi connectivity index (χ1) is 11.2. The molecule has 0 radical (unpaired) electrons. The molecule has 3 aromatic rings. The minimum atomic E-state index is 0.359. The predicted octanol–water partition coefficient (Wildman–Crippen LogP) is 1.12. The van der Waals surface area contributed by atoms with Crippen molar-refractivity contribution in [3.63, 3.8) is 0 Å². The van der Waals surface area contributed by atoms with Gasteiger partial charge in [0.15, 0.2) is 5.82 Å². The SMILES string of the molecule is Cn1cnnc1C1CCCN(c2ccc3ncnc(N)c3n2)C1. The number of anilines is 2. The highest BCUT2D eigenvalue weighted by Gasteiger charge is 2.25. The minimum absolute atomic E-state index is 0.359. The monoisotopic (exact) mass is 310 g/mol. The predicted molar refractivity (Wildman–Crippen MR) is 86.9 cm³/mol. The van der Waals surface area contributed by atoms with Crippen molar-refractivity contribution in [2.75, 3.05) is 23.7 Å². The number of rotatable bonds is 2. The number of hydrogen-bond acceptors (Lipinski definition) is 7. The number of nitrogens with zero attached hydrogens (tertiary/aromatic N) is 7. The van der Waals surface area contributed by atoms with Crippen LogP contribution in [0.4, 0.5) is 11.6 Å². The zero-order valence-corrected chi connectivity index (χ0v) is 12.9. The first-order valence-electron chi connectivity index (χ1n) is 7.68. The van der Waals surface area contributed by atoms with Crippen molar-refractivity contribution in [3.8, 4) is 0 Å². The standard InChI is InChI=1S/C15H18N8/c1-22-9-19-21-15(22)10-3-2-6-23(7-10)12-5-4-11-13(20-12)14(16)18-8-17-11/h4-5,8-10H,2-3,6-7H2,1H3,(H2,16,17,18). The lowest BCUT2D eigenvalue weighted by molar-refractivity contribution is 0.478. The Morgan fingerprint density at radius 3 is 3.00 bits per heavy atom. The van der Waals surface area contributed by atoms with E-state index in [2.05, 4.69) is 30.0 Å². The Kier molecular flexibility index (Phi) is 3.29. The van der Waals surface area contributed by atoms with Crippen LogP contribution in [-0.4, -0.2) is 42.8 Å². The maximum atomic E-state index is 5.93. The maximum Gasteiger partial charge on any atom is 0.153 e. The van der Waals surface area contributed by atoms with Crippen molar-refractivity contribution in [2.24, 2.45) is 7.05 Å². The van der Waals surface area contributed by atoms with E-state index in [4.69, 9.17) is 5.73 Å². The highest BCUT2D eigenvalue weighted by atomic mass is 15.3. The quantitative estimate of drug-likeness (QED) is 0.757. The summed E-state index contributed by atoms with van der Waals surface area (Å²) in [5, 5.41) is 8.25. The number of aromatic nitrogens is 6. The third-order valence-electron chi connectivity index (χ3n) is 4.35. The zero-order valence-electron chi connectivity index (χ0n) is 12.9. The third-order valence-corrected chi connectivity index (χ3v) is 4.35. The molecule has 0 spiro atoms. The highest BCUT2D eigenvalue weighted by molar-refractivity contribution is 5.84. The summed E-state index contributed by atoms with van der Waals surface area (Å²) in [5.41, 5.74) is 7.35. The molecule has 1 aliphatic rings. The van der Waals surface area contributed by atoms with Crippen LogP contribution in [0, 0.1) is 0 Å². The average molecular weight is 310 g/mol. The van der Waals surface area contributed by atoms with Crippen LogP contribution in [-0.2, 0) is 7.05 Å². The summed E-state index contributed by atoms with van der Waals surface area (Å²) in [7, 11) is 1.99. The molecule has 118 valence electrons. The maximum absolute atomic E-state index is 5.93. The Labute approximate surface area is 133 Å². The molecule has 23 heavy (non-hydrogen) atoms. The number of nitrogens with two attached hydrogens (primary N) is 1. The van der Waals surface area contributed by atoms with Crippen molar-refractivity contribution in [3.05, 3.63) is 30.6 Å². The summed E-state index contributed by atoms with van der Waals surface area (Å²) < 4.78 is 1.99. The second kappa shape index (κ2) is 5.45. The van der Waals surface area contributed by atoms with E-state index in [-0.39, 0.29) is 0 Å². The number of nitrogen functional groups attached to an aromatic ring is 1. The van der Waals surface area contributed by atoms with E-state index in [9.17, 15) is 0 Å². The van der Waals surface area contributed by atoms with Gasteiger partial charge in [0.05, 0.1) is 5.52 Å². The second-order valence-electron chi connectivity index (χ2n) is 5.88. The molecule has 0 amide bonds. The normalized spacial score (nSPS) is 18.5. The van der Waals surface area contributed by atoms with Crippen LogP contribution < -0.4 is 10.6 Å². The number of fused-ring (bicyclic) bond motifs is 1. The molecule has 8 heteroatoms. The van der Waals surface area contributed by atoms with E-state index in [0.717, 1.165) is 43.1 Å². The molecule has 0 aliphatic carbocycles. The Hall–Kier alpha value is -2.77. The molecule has 4 heterocycles. The van der Waals surface area contributed by atoms with Crippen LogP contribution in [0.25, 0.3) is 11.0 Å². The van der Waals surface area contributed by atoms with Crippen LogP contribution in [0.5, 0.6) is 0 Å². The average Bonchev–Trinajstić information content (AvgIpc) is 3.01. The van der Waals surface area contributed by atoms with E-state index in [0.29, 0.717) is 17.3 Å². The second-order valence-corrected chi connectivity index (χ2v) is 5.88. The van der Waals surface area contributed by atoms with Crippen LogP contribution in [0.2, 0.25) is 0 Å². The van der Waals surface area contributed by atoms with Gasteiger partial charge in [-0.15, -0.1) is 10.2 Å². The lowest BCUT2D eigenvalue weighted by atomic mass is 9.97. The van der Waals surface area contributed by atoms with Crippen LogP contribution in [0.1, 0.15) is 24.6 Å². The van der Waals surface area contributed by atoms with E-state index in [1.807, 2.05) is 23.7 Å². The summed E-state index contributed by atoms with van der Waals surface area (Å²) in [5.74, 6) is 2.71. The van der Waals surface area contributed by atoms with Crippen molar-refractivity contribution in [1.82, 2.24) is 29.7 Å². The Bertz CT molecular complexity index is 842. The van der Waals surface area contributed by atoms with Crippen molar-refractivity contribution in [1.29, 1.82) is 0 Å². The molecule has 2 N–H and O–H groups in total. The molecule has 4 rings (SSSR count). The van der Waals surface area contributed by atoms with E-state index in [1.165, 1.54) is 6.33 Å². The van der Waals surface area contributed by atoms with Crippen LogP contribution in [0.15, 0.2) is 24.8 Å². The molecular formula is C15H18N8. The summed E-state index contributed by atoms with van der Waals surface area (Å²) in [6.07, 6.45) is 5.42. The van der Waals surface area contributed by atoms with E-state index >= 15 is 0 Å². The molecular weight excluding hydrogens is 292 g/mol. The van der Waals surface area contributed by atoms with Gasteiger partial charge in [-0.25, -0.2) is 15.0 Å². The molecule has 1 aliphatic heterocycles. The molecule has 0 saturated carbocycles. The van der Waals surface area contributed by atoms with Crippen molar-refractivity contribution < 1.29 is 0 Å². The fourth-order valence-corrected chi connectivity index (χ4v) is 3.18. The van der Waals surface area contributed by atoms with Gasteiger partial charge in [0.1, 0.15) is 29.8 Å². The molecule has 1 atom stereocenters.